The molecule has 2 aliphatic rings. The average molecular weight is 313 g/mol. The van der Waals surface area contributed by atoms with E-state index < -0.39 is 10.0 Å². The molecule has 1 aliphatic heterocycles. The Morgan fingerprint density at radius 2 is 1.95 bits per heavy atom. The highest BCUT2D eigenvalue weighted by Gasteiger charge is 2.31. The molecule has 2 fully saturated rings. The molecule has 1 aromatic heterocycles. The van der Waals surface area contributed by atoms with Gasteiger partial charge in [0.15, 0.2) is 0 Å². The maximum absolute atomic E-state index is 12.6. The summed E-state index contributed by atoms with van der Waals surface area (Å²) in [5.41, 5.74) is 5.46. The Morgan fingerprint density at radius 1 is 1.24 bits per heavy atom. The van der Waals surface area contributed by atoms with E-state index in [1.165, 1.54) is 19.0 Å². The van der Waals surface area contributed by atoms with Crippen LogP contribution in [-0.4, -0.2) is 66.7 Å². The van der Waals surface area contributed by atoms with Crippen molar-refractivity contribution < 1.29 is 8.42 Å². The van der Waals surface area contributed by atoms with Gasteiger partial charge < -0.3 is 10.6 Å². The number of rotatable bonds is 6. The Morgan fingerprint density at radius 3 is 2.57 bits per heavy atom. The molecule has 1 saturated carbocycles. The van der Waals surface area contributed by atoms with Crippen LogP contribution in [0.4, 0.5) is 0 Å². The zero-order valence-corrected chi connectivity index (χ0v) is 13.0. The van der Waals surface area contributed by atoms with Crippen LogP contribution in [0, 0.1) is 5.92 Å². The van der Waals surface area contributed by atoms with Crippen LogP contribution in [0.25, 0.3) is 0 Å². The van der Waals surface area contributed by atoms with Gasteiger partial charge in [0, 0.05) is 45.5 Å². The molecule has 1 aromatic rings. The number of nitrogens with zero attached hydrogens (tertiary/aromatic N) is 4. The van der Waals surface area contributed by atoms with Gasteiger partial charge in [0.05, 0.1) is 12.7 Å². The fraction of sp³-hybridized carbons (Fsp3) is 0.769. The molecule has 0 spiro atoms. The zero-order chi connectivity index (χ0) is 14.9. The third-order valence-electron chi connectivity index (χ3n) is 4.15. The van der Waals surface area contributed by atoms with Crippen molar-refractivity contribution in [3.05, 3.63) is 12.4 Å². The highest BCUT2D eigenvalue weighted by Crippen LogP contribution is 2.30. The number of aromatic nitrogens is 2. The molecule has 118 valence electrons. The Balaban J connectivity index is 1.61. The first kappa shape index (κ1) is 15.0. The highest BCUT2D eigenvalue weighted by atomic mass is 32.2. The summed E-state index contributed by atoms with van der Waals surface area (Å²) in [4.78, 5) is 2.65. The minimum Gasteiger partial charge on any atom is -0.329 e. The number of hydrogen-bond donors (Lipinski definition) is 1. The van der Waals surface area contributed by atoms with Crippen molar-refractivity contribution in [2.24, 2.45) is 11.7 Å². The maximum atomic E-state index is 12.6. The van der Waals surface area contributed by atoms with Gasteiger partial charge in [-0.15, -0.1) is 0 Å². The monoisotopic (exact) mass is 313 g/mol. The van der Waals surface area contributed by atoms with Crippen LogP contribution in [0.5, 0.6) is 0 Å². The number of nitrogens with two attached hydrogens (primary N) is 1. The summed E-state index contributed by atoms with van der Waals surface area (Å²) in [5.74, 6) is 0.850. The van der Waals surface area contributed by atoms with Crippen LogP contribution >= 0.6 is 0 Å². The van der Waals surface area contributed by atoms with Gasteiger partial charge in [-0.1, -0.05) is 0 Å². The van der Waals surface area contributed by atoms with Gasteiger partial charge in [-0.05, 0) is 18.8 Å². The smallest absolute Gasteiger partial charge is 0.246 e. The largest absolute Gasteiger partial charge is 0.329 e. The molecule has 21 heavy (non-hydrogen) atoms. The lowest BCUT2D eigenvalue weighted by Gasteiger charge is -2.33. The fourth-order valence-electron chi connectivity index (χ4n) is 2.70. The molecule has 0 atom stereocenters. The molecule has 0 unspecified atom stereocenters. The second-order valence-corrected chi connectivity index (χ2v) is 7.81. The molecule has 0 radical (unpaired) electrons. The predicted octanol–water partition coefficient (Wildman–Crippen LogP) is -0.442. The second-order valence-electron chi connectivity index (χ2n) is 5.88. The quantitative estimate of drug-likeness (QED) is 0.769. The van der Waals surface area contributed by atoms with E-state index >= 15 is 0 Å². The van der Waals surface area contributed by atoms with E-state index in [9.17, 15) is 8.42 Å². The van der Waals surface area contributed by atoms with Crippen LogP contribution < -0.4 is 5.73 Å². The van der Waals surface area contributed by atoms with E-state index in [1.54, 1.807) is 15.2 Å². The number of sulfonamides is 1. The van der Waals surface area contributed by atoms with Crippen molar-refractivity contribution in [2.75, 3.05) is 39.3 Å². The predicted molar refractivity (Wildman–Crippen MR) is 79.2 cm³/mol. The van der Waals surface area contributed by atoms with Gasteiger partial charge in [-0.2, -0.15) is 9.40 Å². The van der Waals surface area contributed by atoms with Gasteiger partial charge in [0.2, 0.25) is 10.0 Å². The molecule has 1 saturated heterocycles. The van der Waals surface area contributed by atoms with Gasteiger partial charge in [-0.3, -0.25) is 4.68 Å². The molecule has 7 nitrogen and oxygen atoms in total. The van der Waals surface area contributed by atoms with Crippen molar-refractivity contribution >= 4 is 10.0 Å². The summed E-state index contributed by atoms with van der Waals surface area (Å²) in [6.07, 6.45) is 5.65. The van der Waals surface area contributed by atoms with Crippen LogP contribution in [0.3, 0.4) is 0 Å². The summed E-state index contributed by atoms with van der Waals surface area (Å²) in [6, 6.07) is 0. The molecule has 0 bridgehead atoms. The van der Waals surface area contributed by atoms with Crippen LogP contribution in [0.1, 0.15) is 12.8 Å². The Bertz CT molecular complexity index is 573. The van der Waals surface area contributed by atoms with Crippen molar-refractivity contribution in [1.29, 1.82) is 0 Å². The van der Waals surface area contributed by atoms with Gasteiger partial charge in [-0.25, -0.2) is 8.42 Å². The van der Waals surface area contributed by atoms with Crippen molar-refractivity contribution in [3.8, 4) is 0 Å². The second kappa shape index (κ2) is 6.04. The summed E-state index contributed by atoms with van der Waals surface area (Å²) >= 11 is 0. The highest BCUT2D eigenvalue weighted by molar-refractivity contribution is 7.89. The first-order valence-corrected chi connectivity index (χ1v) is 8.98. The SMILES string of the molecule is NCCn1cc(S(=O)(=O)N2CCN(CC3CC3)CC2)cn1. The summed E-state index contributed by atoms with van der Waals surface area (Å²) in [7, 11) is -3.41. The van der Waals surface area contributed by atoms with E-state index in [-0.39, 0.29) is 4.90 Å². The molecule has 3 rings (SSSR count). The molecular weight excluding hydrogens is 290 g/mol. The first-order chi connectivity index (χ1) is 10.1. The van der Waals surface area contributed by atoms with Crippen LogP contribution in [-0.2, 0) is 16.6 Å². The lowest BCUT2D eigenvalue weighted by atomic mass is 10.3. The summed E-state index contributed by atoms with van der Waals surface area (Å²) in [5, 5.41) is 4.05. The Labute approximate surface area is 125 Å². The average Bonchev–Trinajstić information content (AvgIpc) is 3.15. The van der Waals surface area contributed by atoms with E-state index in [4.69, 9.17) is 5.73 Å². The minimum atomic E-state index is -3.41. The first-order valence-electron chi connectivity index (χ1n) is 7.54. The molecule has 0 aromatic carbocycles. The normalized spacial score (nSPS) is 21.8. The third-order valence-corrected chi connectivity index (χ3v) is 6.00. The van der Waals surface area contributed by atoms with Crippen molar-refractivity contribution in [3.63, 3.8) is 0 Å². The standard InChI is InChI=1S/C13H23N5O2S/c14-3-4-17-11-13(9-15-17)21(19,20)18-7-5-16(6-8-18)10-12-1-2-12/h9,11-12H,1-8,10,14H2. The number of hydrogen-bond acceptors (Lipinski definition) is 5. The third kappa shape index (κ3) is 3.45. The molecule has 8 heteroatoms. The summed E-state index contributed by atoms with van der Waals surface area (Å²) in [6.45, 7) is 4.89. The van der Waals surface area contributed by atoms with Crippen molar-refractivity contribution in [2.45, 2.75) is 24.3 Å². The van der Waals surface area contributed by atoms with E-state index in [0.717, 1.165) is 25.6 Å². The van der Waals surface area contributed by atoms with Gasteiger partial charge in [0.1, 0.15) is 4.90 Å². The van der Waals surface area contributed by atoms with Gasteiger partial charge in [0.25, 0.3) is 0 Å². The van der Waals surface area contributed by atoms with Crippen LogP contribution in [0.15, 0.2) is 17.3 Å². The fourth-order valence-corrected chi connectivity index (χ4v) is 4.08. The molecule has 2 heterocycles. The van der Waals surface area contributed by atoms with E-state index in [1.807, 2.05) is 0 Å². The number of piperazine rings is 1. The Hall–Kier alpha value is -0.960. The van der Waals surface area contributed by atoms with Gasteiger partial charge >= 0.3 is 0 Å². The van der Waals surface area contributed by atoms with Crippen LogP contribution in [0.2, 0.25) is 0 Å². The van der Waals surface area contributed by atoms with E-state index in [2.05, 4.69) is 10.00 Å². The lowest BCUT2D eigenvalue weighted by molar-refractivity contribution is 0.182. The lowest BCUT2D eigenvalue weighted by Crippen LogP contribution is -2.48. The molecule has 1 aliphatic carbocycles. The molecule has 2 N–H and O–H groups in total. The zero-order valence-electron chi connectivity index (χ0n) is 12.2. The summed E-state index contributed by atoms with van der Waals surface area (Å²) < 4.78 is 28.3. The topological polar surface area (TPSA) is 84.5 Å². The molecule has 0 amide bonds. The van der Waals surface area contributed by atoms with E-state index in [0.29, 0.717) is 26.2 Å². The molecular formula is C13H23N5O2S. The Kier molecular flexibility index (Phi) is 4.30. The van der Waals surface area contributed by atoms with Crippen molar-refractivity contribution in [1.82, 2.24) is 19.0 Å². The minimum absolute atomic E-state index is 0.270. The maximum Gasteiger partial charge on any atom is 0.246 e.